The first-order valence-electron chi connectivity index (χ1n) is 6.02. The van der Waals surface area contributed by atoms with E-state index in [-0.39, 0.29) is 10.2 Å². The van der Waals surface area contributed by atoms with E-state index in [0.29, 0.717) is 12.0 Å². The summed E-state index contributed by atoms with van der Waals surface area (Å²) in [5, 5.41) is 3.24. The monoisotopic (exact) mass is 327 g/mol. The quantitative estimate of drug-likeness (QED) is 0.869. The minimum atomic E-state index is -0.616. The number of halogens is 3. The molecule has 6 heteroatoms. The number of hydrogen-bond acceptors (Lipinski definition) is 2. The van der Waals surface area contributed by atoms with Crippen LogP contribution in [0.15, 0.2) is 22.8 Å². The maximum atomic E-state index is 13.9. The van der Waals surface area contributed by atoms with Gasteiger partial charge in [-0.05, 0) is 41.8 Å². The Balaban J connectivity index is 2.07. The zero-order valence-corrected chi connectivity index (χ0v) is 11.8. The van der Waals surface area contributed by atoms with Crippen molar-refractivity contribution in [2.75, 3.05) is 5.32 Å². The number of rotatable bonds is 3. The Morgan fingerprint density at radius 3 is 2.74 bits per heavy atom. The van der Waals surface area contributed by atoms with E-state index in [9.17, 15) is 8.78 Å². The van der Waals surface area contributed by atoms with Crippen molar-refractivity contribution in [2.24, 2.45) is 0 Å². The summed E-state index contributed by atoms with van der Waals surface area (Å²) in [7, 11) is 0. The molecule has 1 fully saturated rings. The Kier molecular flexibility index (Phi) is 3.05. The van der Waals surface area contributed by atoms with Crippen molar-refractivity contribution in [2.45, 2.75) is 25.8 Å². The number of anilines is 1. The summed E-state index contributed by atoms with van der Waals surface area (Å²) in [6, 6.07) is 2.70. The summed E-state index contributed by atoms with van der Waals surface area (Å²) in [5.41, 5.74) is 1.06. The van der Waals surface area contributed by atoms with E-state index in [4.69, 9.17) is 0 Å². The second-order valence-electron chi connectivity index (χ2n) is 4.71. The van der Waals surface area contributed by atoms with Gasteiger partial charge in [0, 0.05) is 18.3 Å². The van der Waals surface area contributed by atoms with Crippen LogP contribution in [0.4, 0.5) is 14.7 Å². The molecule has 1 saturated carbocycles. The molecule has 3 rings (SSSR count). The van der Waals surface area contributed by atoms with Gasteiger partial charge in [-0.1, -0.05) is 0 Å². The van der Waals surface area contributed by atoms with Gasteiger partial charge in [0.2, 0.25) is 5.95 Å². The molecular weight excluding hydrogens is 316 g/mol. The molecule has 0 saturated heterocycles. The van der Waals surface area contributed by atoms with Crippen molar-refractivity contribution in [3.63, 3.8) is 0 Å². The molecule has 0 aliphatic heterocycles. The molecule has 0 atom stereocenters. The van der Waals surface area contributed by atoms with E-state index in [2.05, 4.69) is 26.2 Å². The number of nitrogens with zero attached hydrogens (tertiary/aromatic N) is 2. The van der Waals surface area contributed by atoms with Gasteiger partial charge in [0.15, 0.2) is 0 Å². The van der Waals surface area contributed by atoms with Gasteiger partial charge < -0.3 is 5.32 Å². The number of aromatic nitrogens is 2. The van der Waals surface area contributed by atoms with Crippen molar-refractivity contribution in [1.82, 2.24) is 9.55 Å². The molecule has 19 heavy (non-hydrogen) atoms. The topological polar surface area (TPSA) is 29.9 Å². The maximum Gasteiger partial charge on any atom is 0.208 e. The average Bonchev–Trinajstić information content (AvgIpc) is 3.07. The van der Waals surface area contributed by atoms with Gasteiger partial charge in [-0.25, -0.2) is 13.8 Å². The van der Waals surface area contributed by atoms with Crippen molar-refractivity contribution in [3.05, 3.63) is 40.1 Å². The van der Waals surface area contributed by atoms with Crippen LogP contribution in [0.3, 0.4) is 0 Å². The third-order valence-electron chi connectivity index (χ3n) is 2.99. The van der Waals surface area contributed by atoms with Gasteiger partial charge in [-0.15, -0.1) is 0 Å². The molecule has 3 nitrogen and oxygen atoms in total. The number of hydrogen-bond donors (Lipinski definition) is 1. The van der Waals surface area contributed by atoms with Crippen LogP contribution < -0.4 is 5.32 Å². The second kappa shape index (κ2) is 4.59. The Labute approximate surface area is 117 Å². The van der Waals surface area contributed by atoms with Crippen molar-refractivity contribution >= 4 is 21.9 Å². The third kappa shape index (κ3) is 2.49. The lowest BCUT2D eigenvalue weighted by Gasteiger charge is -2.10. The van der Waals surface area contributed by atoms with Crippen molar-refractivity contribution in [1.29, 1.82) is 0 Å². The van der Waals surface area contributed by atoms with Gasteiger partial charge in [0.1, 0.15) is 11.6 Å². The van der Waals surface area contributed by atoms with Crippen LogP contribution in [-0.2, 0) is 0 Å². The Morgan fingerprint density at radius 2 is 2.05 bits per heavy atom. The van der Waals surface area contributed by atoms with Gasteiger partial charge >= 0.3 is 0 Å². The predicted molar refractivity (Wildman–Crippen MR) is 72.6 cm³/mol. The smallest absolute Gasteiger partial charge is 0.208 e. The molecule has 0 radical (unpaired) electrons. The van der Waals surface area contributed by atoms with Crippen LogP contribution in [-0.4, -0.2) is 15.6 Å². The molecule has 1 heterocycles. The standard InChI is InChI=1S/C13H12BrF2N3/c1-7-6-19(13(17-7)18-8-2-3-8)12-4-9(14)10(15)5-11(12)16/h4-6,8H,2-3H2,1H3,(H,17,18). The normalized spacial score (nSPS) is 14.7. The van der Waals surface area contributed by atoms with Gasteiger partial charge in [-0.2, -0.15) is 0 Å². The van der Waals surface area contributed by atoms with Gasteiger partial charge in [0.05, 0.1) is 15.9 Å². The lowest BCUT2D eigenvalue weighted by Crippen LogP contribution is -2.09. The van der Waals surface area contributed by atoms with Crippen LogP contribution in [0.5, 0.6) is 0 Å². The fourth-order valence-corrected chi connectivity index (χ4v) is 2.22. The molecule has 1 aromatic heterocycles. The molecule has 0 unspecified atom stereocenters. The summed E-state index contributed by atoms with van der Waals surface area (Å²) in [6.07, 6.45) is 3.93. The van der Waals surface area contributed by atoms with Gasteiger partial charge in [0.25, 0.3) is 0 Å². The number of imidazole rings is 1. The van der Waals surface area contributed by atoms with E-state index >= 15 is 0 Å². The molecule has 1 aliphatic carbocycles. The van der Waals surface area contributed by atoms with E-state index in [1.54, 1.807) is 10.8 Å². The minimum Gasteiger partial charge on any atom is -0.353 e. The molecule has 1 N–H and O–H groups in total. The fraction of sp³-hybridized carbons (Fsp3) is 0.308. The van der Waals surface area contributed by atoms with E-state index in [1.165, 1.54) is 6.07 Å². The Bertz CT molecular complexity index is 635. The number of nitrogens with one attached hydrogen (secondary N) is 1. The van der Waals surface area contributed by atoms with Crippen LogP contribution in [0.1, 0.15) is 18.5 Å². The SMILES string of the molecule is Cc1cn(-c2cc(Br)c(F)cc2F)c(NC2CC2)n1. The molecule has 1 aromatic carbocycles. The first-order chi connectivity index (χ1) is 9.04. The Hall–Kier alpha value is -1.43. The largest absolute Gasteiger partial charge is 0.353 e. The summed E-state index contributed by atoms with van der Waals surface area (Å²) >= 11 is 3.08. The minimum absolute atomic E-state index is 0.229. The van der Waals surface area contributed by atoms with E-state index in [1.807, 2.05) is 6.92 Å². The molecule has 0 bridgehead atoms. The van der Waals surface area contributed by atoms with E-state index in [0.717, 1.165) is 24.6 Å². The number of aryl methyl sites for hydroxylation is 1. The molecule has 0 amide bonds. The Morgan fingerprint density at radius 1 is 1.32 bits per heavy atom. The molecule has 0 spiro atoms. The summed E-state index contributed by atoms with van der Waals surface area (Å²) < 4.78 is 29.0. The maximum absolute atomic E-state index is 13.9. The number of benzene rings is 1. The second-order valence-corrected chi connectivity index (χ2v) is 5.57. The predicted octanol–water partition coefficient (Wildman–Crippen LogP) is 3.80. The highest BCUT2D eigenvalue weighted by Crippen LogP contribution is 2.29. The fourth-order valence-electron chi connectivity index (χ4n) is 1.89. The first-order valence-corrected chi connectivity index (χ1v) is 6.81. The summed E-state index contributed by atoms with van der Waals surface area (Å²) in [6.45, 7) is 1.84. The first kappa shape index (κ1) is 12.6. The van der Waals surface area contributed by atoms with Crippen LogP contribution in [0, 0.1) is 18.6 Å². The molecule has 2 aromatic rings. The van der Waals surface area contributed by atoms with Crippen molar-refractivity contribution < 1.29 is 8.78 Å². The van der Waals surface area contributed by atoms with Crippen LogP contribution in [0.25, 0.3) is 5.69 Å². The summed E-state index contributed by atoms with van der Waals surface area (Å²) in [5.74, 6) is -0.635. The lowest BCUT2D eigenvalue weighted by atomic mass is 10.3. The highest BCUT2D eigenvalue weighted by atomic mass is 79.9. The summed E-state index contributed by atoms with van der Waals surface area (Å²) in [4.78, 5) is 4.34. The van der Waals surface area contributed by atoms with Crippen LogP contribution in [0.2, 0.25) is 0 Å². The highest BCUT2D eigenvalue weighted by molar-refractivity contribution is 9.10. The molecule has 1 aliphatic rings. The van der Waals surface area contributed by atoms with Gasteiger partial charge in [-0.3, -0.25) is 4.57 Å². The molecule has 100 valence electrons. The van der Waals surface area contributed by atoms with E-state index < -0.39 is 11.6 Å². The zero-order valence-electron chi connectivity index (χ0n) is 10.3. The highest BCUT2D eigenvalue weighted by Gasteiger charge is 2.24. The lowest BCUT2D eigenvalue weighted by molar-refractivity contribution is 0.574. The molecular formula is C13H12BrF2N3. The van der Waals surface area contributed by atoms with Crippen LogP contribution >= 0.6 is 15.9 Å². The zero-order chi connectivity index (χ0) is 13.6. The van der Waals surface area contributed by atoms with Crippen molar-refractivity contribution in [3.8, 4) is 5.69 Å². The third-order valence-corrected chi connectivity index (χ3v) is 3.59. The average molecular weight is 328 g/mol.